The molecule has 4 heterocycles. The molecule has 0 unspecified atom stereocenters. The fourth-order valence-corrected chi connectivity index (χ4v) is 6.62. The van der Waals surface area contributed by atoms with Crippen LogP contribution < -0.4 is 10.9 Å². The van der Waals surface area contributed by atoms with Crippen molar-refractivity contribution in [1.82, 2.24) is 24.2 Å². The Balaban J connectivity index is 0.000000186. The summed E-state index contributed by atoms with van der Waals surface area (Å²) in [6.45, 7) is 0.784. The Labute approximate surface area is 329 Å². The number of hydroxylamine groups is 2. The van der Waals surface area contributed by atoms with E-state index in [1.165, 1.54) is 32.5 Å². The molecule has 7 aromatic rings. The topological polar surface area (TPSA) is 116 Å². The van der Waals surface area contributed by atoms with Crippen molar-refractivity contribution in [3.05, 3.63) is 184 Å². The minimum Gasteiger partial charge on any atom is -0.340 e. The smallest absolute Gasteiger partial charge is 0.282 e. The molecular weight excluding hydrogens is 845 g/mol. The van der Waals surface area contributed by atoms with Crippen LogP contribution in [-0.2, 0) is 17.9 Å². The summed E-state index contributed by atoms with van der Waals surface area (Å²) in [7, 11) is 2.85. The lowest BCUT2D eigenvalue weighted by molar-refractivity contribution is -0.0758. The maximum absolute atomic E-state index is 13.8. The molecule has 272 valence electrons. The number of hydrogen-bond donors (Lipinski definition) is 0. The molecule has 1 amide bonds. The molecule has 0 saturated carbocycles. The lowest BCUT2D eigenvalue weighted by atomic mass is 10.0. The molecule has 0 aliphatic heterocycles. The van der Waals surface area contributed by atoms with Crippen LogP contribution in [0.2, 0.25) is 5.02 Å². The first-order valence-corrected chi connectivity index (χ1v) is 18.2. The average Bonchev–Trinajstić information content (AvgIpc) is 3.17. The molecule has 0 radical (unpaired) electrons. The summed E-state index contributed by atoms with van der Waals surface area (Å²) in [5.41, 5.74) is 2.34. The van der Waals surface area contributed by atoms with Gasteiger partial charge in [-0.25, -0.2) is 19.4 Å². The highest BCUT2D eigenvalue weighted by Crippen LogP contribution is 2.20. The van der Waals surface area contributed by atoms with Crippen LogP contribution in [0.3, 0.4) is 0 Å². The predicted molar refractivity (Wildman–Crippen MR) is 212 cm³/mol. The first-order chi connectivity index (χ1) is 25.9. The number of carbonyl (C=O) groups excluding carboxylic acids is 2. The van der Waals surface area contributed by atoms with Crippen molar-refractivity contribution >= 4 is 77.0 Å². The number of rotatable bonds is 8. The van der Waals surface area contributed by atoms with Gasteiger partial charge in [-0.05, 0) is 98.6 Å². The SMILES string of the molecule is CON(C)C(=O)c1cn(Cc2cccc(Br)n2)c2ccccc2c1=O.O=C(c1ccc(Cl)c(F)c1)c1cn(Cc2cccc(Br)n2)c2ccccc2c1=O. The van der Waals surface area contributed by atoms with E-state index in [1.54, 1.807) is 35.0 Å². The maximum Gasteiger partial charge on any atom is 0.282 e. The van der Waals surface area contributed by atoms with E-state index in [4.69, 9.17) is 16.4 Å². The number of benzene rings is 3. The number of nitrogens with zero attached hydrogens (tertiary/aromatic N) is 5. The van der Waals surface area contributed by atoms with E-state index < -0.39 is 22.9 Å². The van der Waals surface area contributed by atoms with Gasteiger partial charge in [0.2, 0.25) is 10.9 Å². The average molecular weight is 874 g/mol. The summed E-state index contributed by atoms with van der Waals surface area (Å²) >= 11 is 12.4. The molecule has 7 rings (SSSR count). The second-order valence-electron chi connectivity index (χ2n) is 11.9. The van der Waals surface area contributed by atoms with Gasteiger partial charge in [0.05, 0.1) is 53.2 Å². The minimum absolute atomic E-state index is 0.0413. The first-order valence-electron chi connectivity index (χ1n) is 16.2. The summed E-state index contributed by atoms with van der Waals surface area (Å²) in [5.74, 6) is -1.77. The van der Waals surface area contributed by atoms with Crippen LogP contribution in [0.25, 0.3) is 21.8 Å². The fourth-order valence-electron chi connectivity index (χ4n) is 5.74. The number of ketones is 1. The normalized spacial score (nSPS) is 10.9. The number of amides is 1. The fraction of sp³-hybridized carbons (Fsp3) is 0.100. The van der Waals surface area contributed by atoms with E-state index >= 15 is 0 Å². The molecule has 0 saturated heterocycles. The molecule has 0 spiro atoms. The number of pyridine rings is 4. The van der Waals surface area contributed by atoms with Crippen molar-refractivity contribution in [3.8, 4) is 0 Å². The summed E-state index contributed by atoms with van der Waals surface area (Å²) in [6, 6.07) is 29.1. The summed E-state index contributed by atoms with van der Waals surface area (Å²) in [6.07, 6.45) is 3.06. The third-order valence-electron chi connectivity index (χ3n) is 8.40. The Morgan fingerprint density at radius 3 is 1.74 bits per heavy atom. The van der Waals surface area contributed by atoms with Gasteiger partial charge in [-0.3, -0.25) is 24.0 Å². The van der Waals surface area contributed by atoms with Crippen molar-refractivity contribution < 1.29 is 18.8 Å². The van der Waals surface area contributed by atoms with Crippen LogP contribution in [0, 0.1) is 5.82 Å². The predicted octanol–water partition coefficient (Wildman–Crippen LogP) is 8.07. The van der Waals surface area contributed by atoms with Crippen LogP contribution in [0.1, 0.15) is 37.7 Å². The molecule has 14 heteroatoms. The quantitative estimate of drug-likeness (QED) is 0.0862. The van der Waals surface area contributed by atoms with Crippen molar-refractivity contribution in [1.29, 1.82) is 0 Å². The Kier molecular flexibility index (Phi) is 11.9. The Hall–Kier alpha value is -5.34. The molecule has 0 N–H and O–H groups in total. The van der Waals surface area contributed by atoms with Crippen LogP contribution in [-0.4, -0.2) is 50.0 Å². The summed E-state index contributed by atoms with van der Waals surface area (Å²) in [4.78, 5) is 64.9. The van der Waals surface area contributed by atoms with E-state index in [9.17, 15) is 23.6 Å². The first kappa shape index (κ1) is 38.4. The van der Waals surface area contributed by atoms with Gasteiger partial charge >= 0.3 is 0 Å². The van der Waals surface area contributed by atoms with Gasteiger partial charge in [0.1, 0.15) is 20.6 Å². The molecule has 0 aliphatic rings. The van der Waals surface area contributed by atoms with Gasteiger partial charge in [0.15, 0.2) is 5.78 Å². The van der Waals surface area contributed by atoms with Gasteiger partial charge in [0, 0.05) is 35.8 Å². The maximum atomic E-state index is 13.8. The van der Waals surface area contributed by atoms with Crippen LogP contribution >= 0.6 is 43.5 Å². The monoisotopic (exact) mass is 871 g/mol. The van der Waals surface area contributed by atoms with E-state index in [0.29, 0.717) is 34.0 Å². The van der Waals surface area contributed by atoms with Gasteiger partial charge < -0.3 is 9.13 Å². The second-order valence-corrected chi connectivity index (χ2v) is 13.9. The molecule has 0 fully saturated rings. The third-order valence-corrected chi connectivity index (χ3v) is 9.59. The van der Waals surface area contributed by atoms with E-state index in [1.807, 2.05) is 65.2 Å². The van der Waals surface area contributed by atoms with E-state index in [0.717, 1.165) is 32.6 Å². The standard InChI is InChI=1S/C22H13BrClFN2O2.C18H16BrN3O3/c23-20-7-3-4-14(26-20)11-27-12-16(22(29)15-5-1-2-6-19(15)27)21(28)13-8-9-17(24)18(25)10-13;1-21(25-2)18(24)14-11-22(10-12-6-5-9-16(19)20-12)15-8-4-3-7-13(15)17(14)23/h1-10,12H,11H2;3-9,11H,10H2,1-2H3. The number of para-hydroxylation sites is 2. The Morgan fingerprint density at radius 2 is 1.24 bits per heavy atom. The second kappa shape index (κ2) is 16.8. The van der Waals surface area contributed by atoms with Gasteiger partial charge in [-0.2, -0.15) is 0 Å². The number of carbonyl (C=O) groups is 2. The van der Waals surface area contributed by atoms with Crippen LogP contribution in [0.4, 0.5) is 4.39 Å². The molecule has 4 aromatic heterocycles. The third kappa shape index (κ3) is 8.39. The van der Waals surface area contributed by atoms with Gasteiger partial charge in [0.25, 0.3) is 5.91 Å². The summed E-state index contributed by atoms with van der Waals surface area (Å²) < 4.78 is 18.9. The minimum atomic E-state index is -0.711. The number of fused-ring (bicyclic) bond motifs is 2. The molecule has 10 nitrogen and oxygen atoms in total. The van der Waals surface area contributed by atoms with Gasteiger partial charge in [-0.1, -0.05) is 48.0 Å². The van der Waals surface area contributed by atoms with E-state index in [-0.39, 0.29) is 27.1 Å². The summed E-state index contributed by atoms with van der Waals surface area (Å²) in [5, 5.41) is 1.83. The zero-order chi connectivity index (χ0) is 38.5. The van der Waals surface area contributed by atoms with Crippen molar-refractivity contribution in [2.45, 2.75) is 13.1 Å². The molecule has 54 heavy (non-hydrogen) atoms. The van der Waals surface area contributed by atoms with Gasteiger partial charge in [-0.15, -0.1) is 0 Å². The zero-order valence-corrected chi connectivity index (χ0v) is 32.6. The lowest BCUT2D eigenvalue weighted by Gasteiger charge is -2.16. The lowest BCUT2D eigenvalue weighted by Crippen LogP contribution is -2.31. The molecular formula is C40H29Br2ClFN5O5. The number of aromatic nitrogens is 4. The molecule has 3 aromatic carbocycles. The van der Waals surface area contributed by atoms with Crippen molar-refractivity contribution in [2.75, 3.05) is 14.2 Å². The largest absolute Gasteiger partial charge is 0.340 e. The molecule has 0 bridgehead atoms. The zero-order valence-electron chi connectivity index (χ0n) is 28.7. The van der Waals surface area contributed by atoms with Crippen LogP contribution in [0.15, 0.2) is 134 Å². The highest BCUT2D eigenvalue weighted by atomic mass is 79.9. The molecule has 0 atom stereocenters. The Morgan fingerprint density at radius 1 is 0.741 bits per heavy atom. The number of hydrogen-bond acceptors (Lipinski definition) is 7. The Bertz CT molecular complexity index is 2690. The van der Waals surface area contributed by atoms with Crippen molar-refractivity contribution in [3.63, 3.8) is 0 Å². The number of halogens is 4. The highest BCUT2D eigenvalue weighted by molar-refractivity contribution is 9.10. The van der Waals surface area contributed by atoms with Crippen molar-refractivity contribution in [2.24, 2.45) is 0 Å². The van der Waals surface area contributed by atoms with Crippen LogP contribution in [0.5, 0.6) is 0 Å². The highest BCUT2D eigenvalue weighted by Gasteiger charge is 2.20. The van der Waals surface area contributed by atoms with E-state index in [2.05, 4.69) is 41.8 Å². The molecule has 0 aliphatic carbocycles.